The van der Waals surface area contributed by atoms with Gasteiger partial charge < -0.3 is 9.47 Å². The number of hydrogen-bond donors (Lipinski definition) is 0. The average Bonchev–Trinajstić information content (AvgIpc) is 2.27. The van der Waals surface area contributed by atoms with E-state index in [2.05, 4.69) is 9.24 Å². The van der Waals surface area contributed by atoms with E-state index in [1.165, 1.54) is 6.26 Å². The Labute approximate surface area is 111 Å². The van der Waals surface area contributed by atoms with Crippen LogP contribution in [0.5, 0.6) is 11.5 Å². The van der Waals surface area contributed by atoms with E-state index in [0.717, 1.165) is 5.56 Å². The van der Waals surface area contributed by atoms with Gasteiger partial charge >= 0.3 is 0 Å². The highest BCUT2D eigenvalue weighted by atomic mass is 32.2. The lowest BCUT2D eigenvalue weighted by Crippen LogP contribution is -2.09. The van der Waals surface area contributed by atoms with E-state index in [0.29, 0.717) is 18.1 Å². The smallest absolute Gasteiger partial charge is 0.161 e. The predicted octanol–water partition coefficient (Wildman–Crippen LogP) is 2.05. The van der Waals surface area contributed by atoms with Crippen LogP contribution in [0.25, 0.3) is 0 Å². The van der Waals surface area contributed by atoms with Crippen LogP contribution in [0.2, 0.25) is 0 Å². The number of sulfone groups is 1. The summed E-state index contributed by atoms with van der Waals surface area (Å²) >= 11 is 0. The summed E-state index contributed by atoms with van der Waals surface area (Å²) in [4.78, 5) is 0. The van der Waals surface area contributed by atoms with Gasteiger partial charge in [-0.05, 0) is 24.6 Å². The molecule has 0 aromatic heterocycles. The molecule has 1 aromatic carbocycles. The molecular weight excluding hydrogens is 271 g/mol. The Morgan fingerprint density at radius 3 is 2.50 bits per heavy atom. The third-order valence-electron chi connectivity index (χ3n) is 2.40. The maximum atomic E-state index is 11.3. The number of methoxy groups -OCH3 is 1. The molecule has 4 nitrogen and oxygen atoms in total. The zero-order valence-electron chi connectivity index (χ0n) is 10.8. The lowest BCUT2D eigenvalue weighted by Gasteiger charge is -2.14. The molecule has 0 spiro atoms. The first-order valence-electron chi connectivity index (χ1n) is 5.61. The molecule has 0 amide bonds. The molecule has 0 fully saturated rings. The van der Waals surface area contributed by atoms with E-state index < -0.39 is 9.84 Å². The van der Waals surface area contributed by atoms with Crippen molar-refractivity contribution < 1.29 is 17.9 Å². The van der Waals surface area contributed by atoms with Gasteiger partial charge in [0.2, 0.25) is 0 Å². The monoisotopic (exact) mass is 290 g/mol. The highest BCUT2D eigenvalue weighted by Crippen LogP contribution is 2.33. The Kier molecular flexibility index (Phi) is 5.42. The summed E-state index contributed by atoms with van der Waals surface area (Å²) in [6.45, 7) is 2.42. The normalized spacial score (nSPS) is 13.1. The lowest BCUT2D eigenvalue weighted by molar-refractivity contribution is 0.310. The van der Waals surface area contributed by atoms with Gasteiger partial charge in [0.15, 0.2) is 11.5 Å². The molecule has 18 heavy (non-hydrogen) atoms. The van der Waals surface area contributed by atoms with Crippen molar-refractivity contribution in [2.45, 2.75) is 12.6 Å². The van der Waals surface area contributed by atoms with Crippen LogP contribution in [0.4, 0.5) is 0 Å². The van der Waals surface area contributed by atoms with Gasteiger partial charge in [-0.1, -0.05) is 6.07 Å². The van der Waals surface area contributed by atoms with Gasteiger partial charge in [-0.25, -0.2) is 8.42 Å². The van der Waals surface area contributed by atoms with Crippen molar-refractivity contribution in [1.29, 1.82) is 0 Å². The first-order valence-corrected chi connectivity index (χ1v) is 8.34. The highest BCUT2D eigenvalue weighted by molar-refractivity contribution is 7.90. The summed E-state index contributed by atoms with van der Waals surface area (Å²) in [6, 6.07) is 5.47. The molecular formula is C12H19O4PS. The second-order valence-corrected chi connectivity index (χ2v) is 7.03. The van der Waals surface area contributed by atoms with E-state index >= 15 is 0 Å². The largest absolute Gasteiger partial charge is 0.493 e. The van der Waals surface area contributed by atoms with Gasteiger partial charge in [0.05, 0.1) is 19.5 Å². The molecule has 2 unspecified atom stereocenters. The lowest BCUT2D eigenvalue weighted by atomic mass is 10.1. The molecule has 0 radical (unpaired) electrons. The SMILES string of the molecule is CCOc1cc(C(P)CS(C)(=O)=O)ccc1OC. The van der Waals surface area contributed by atoms with E-state index in [4.69, 9.17) is 9.47 Å². The van der Waals surface area contributed by atoms with Gasteiger partial charge in [0.25, 0.3) is 0 Å². The van der Waals surface area contributed by atoms with Crippen molar-refractivity contribution in [1.82, 2.24) is 0 Å². The Morgan fingerprint density at radius 1 is 1.33 bits per heavy atom. The molecule has 0 bridgehead atoms. The molecule has 0 aliphatic carbocycles. The molecule has 0 heterocycles. The number of benzene rings is 1. The van der Waals surface area contributed by atoms with Crippen LogP contribution in [-0.2, 0) is 9.84 Å². The standard InChI is InChI=1S/C12H19O4PS/c1-4-16-11-7-9(5-6-10(11)15-2)12(17)8-18(3,13)14/h5-7,12H,4,8,17H2,1-3H3. The van der Waals surface area contributed by atoms with Crippen molar-refractivity contribution >= 4 is 19.1 Å². The van der Waals surface area contributed by atoms with Gasteiger partial charge in [0.1, 0.15) is 9.84 Å². The summed E-state index contributed by atoms with van der Waals surface area (Å²) in [7, 11) is 1.12. The molecule has 0 aliphatic heterocycles. The maximum absolute atomic E-state index is 11.3. The Morgan fingerprint density at radius 2 is 2.00 bits per heavy atom. The fourth-order valence-electron chi connectivity index (χ4n) is 1.61. The topological polar surface area (TPSA) is 52.6 Å². The molecule has 102 valence electrons. The quantitative estimate of drug-likeness (QED) is 0.752. The summed E-state index contributed by atoms with van der Waals surface area (Å²) in [5.41, 5.74) is 0.750. The summed E-state index contributed by atoms with van der Waals surface area (Å²) in [6.07, 6.45) is 1.23. The highest BCUT2D eigenvalue weighted by Gasteiger charge is 2.15. The minimum absolute atomic E-state index is 0.0928. The zero-order valence-corrected chi connectivity index (χ0v) is 12.8. The number of hydrogen-bond acceptors (Lipinski definition) is 4. The third kappa shape index (κ3) is 4.46. The van der Waals surface area contributed by atoms with E-state index in [9.17, 15) is 8.42 Å². The van der Waals surface area contributed by atoms with Crippen LogP contribution in [0.15, 0.2) is 18.2 Å². The van der Waals surface area contributed by atoms with Gasteiger partial charge in [-0.2, -0.15) is 0 Å². The van der Waals surface area contributed by atoms with E-state index in [1.54, 1.807) is 13.2 Å². The second kappa shape index (κ2) is 6.39. The number of rotatable bonds is 6. The summed E-state index contributed by atoms with van der Waals surface area (Å²) in [5.74, 6) is 1.38. The molecule has 1 rings (SSSR count). The van der Waals surface area contributed by atoms with Gasteiger partial charge in [-0.3, -0.25) is 0 Å². The summed E-state index contributed by atoms with van der Waals surface area (Å²) < 4.78 is 33.2. The van der Waals surface area contributed by atoms with Crippen LogP contribution >= 0.6 is 9.24 Å². The van der Waals surface area contributed by atoms with Crippen molar-refractivity contribution in [2.75, 3.05) is 25.7 Å². The van der Waals surface area contributed by atoms with Crippen LogP contribution in [0, 0.1) is 0 Å². The van der Waals surface area contributed by atoms with Crippen molar-refractivity contribution in [2.24, 2.45) is 0 Å². The summed E-state index contributed by atoms with van der Waals surface area (Å²) in [5, 5.41) is 0. The minimum atomic E-state index is -3.01. The Hall–Kier alpha value is -0.800. The molecule has 2 atom stereocenters. The average molecular weight is 290 g/mol. The molecule has 0 saturated carbocycles. The molecule has 0 aliphatic rings. The van der Waals surface area contributed by atoms with E-state index in [1.807, 2.05) is 19.1 Å². The minimum Gasteiger partial charge on any atom is -0.493 e. The molecule has 1 aromatic rings. The van der Waals surface area contributed by atoms with Crippen LogP contribution in [-0.4, -0.2) is 34.1 Å². The van der Waals surface area contributed by atoms with Crippen LogP contribution < -0.4 is 9.47 Å². The molecule has 0 N–H and O–H groups in total. The fraction of sp³-hybridized carbons (Fsp3) is 0.500. The molecule has 0 saturated heterocycles. The zero-order chi connectivity index (χ0) is 13.8. The fourth-order valence-corrected chi connectivity index (χ4v) is 3.72. The number of ether oxygens (including phenoxy) is 2. The Bertz CT molecular complexity index is 499. The van der Waals surface area contributed by atoms with Crippen molar-refractivity contribution in [3.8, 4) is 11.5 Å². The third-order valence-corrected chi connectivity index (χ3v) is 4.32. The Balaban J connectivity index is 3.00. The maximum Gasteiger partial charge on any atom is 0.161 e. The van der Waals surface area contributed by atoms with Crippen LogP contribution in [0.1, 0.15) is 18.1 Å². The first kappa shape index (κ1) is 15.3. The van der Waals surface area contributed by atoms with E-state index in [-0.39, 0.29) is 11.4 Å². The van der Waals surface area contributed by atoms with Crippen LogP contribution in [0.3, 0.4) is 0 Å². The van der Waals surface area contributed by atoms with Crippen molar-refractivity contribution in [3.05, 3.63) is 23.8 Å². The second-order valence-electron chi connectivity index (χ2n) is 4.04. The van der Waals surface area contributed by atoms with Gasteiger partial charge in [0, 0.05) is 11.9 Å². The molecule has 6 heteroatoms. The van der Waals surface area contributed by atoms with Crippen molar-refractivity contribution in [3.63, 3.8) is 0 Å². The first-order chi connectivity index (χ1) is 8.37. The predicted molar refractivity (Wildman–Crippen MR) is 76.3 cm³/mol. The van der Waals surface area contributed by atoms with Gasteiger partial charge in [-0.15, -0.1) is 9.24 Å².